The molecule has 0 saturated carbocycles. The van der Waals surface area contributed by atoms with E-state index in [0.29, 0.717) is 6.42 Å². The topological polar surface area (TPSA) is 41.8 Å². The summed E-state index contributed by atoms with van der Waals surface area (Å²) in [5.41, 5.74) is 0. The molecular weight excluding hydrogens is 187 g/mol. The predicted molar refractivity (Wildman–Crippen MR) is 41.5 cm³/mol. The summed E-state index contributed by atoms with van der Waals surface area (Å²) in [5, 5.41) is 8.98. The van der Waals surface area contributed by atoms with E-state index >= 15 is 0 Å². The molecule has 1 N–H and O–H groups in total. The highest BCUT2D eigenvalue weighted by molar-refractivity contribution is 5.91. The van der Waals surface area contributed by atoms with Gasteiger partial charge in [0, 0.05) is 7.05 Å². The fraction of sp³-hybridized carbons (Fsp3) is 0.571. The molecule has 0 bridgehead atoms. The van der Waals surface area contributed by atoms with Crippen molar-refractivity contribution in [3.05, 3.63) is 11.8 Å². The first-order chi connectivity index (χ1) is 5.90. The molecule has 0 fully saturated rings. The van der Waals surface area contributed by atoms with Crippen molar-refractivity contribution < 1.29 is 23.0 Å². The van der Waals surface area contributed by atoms with Crippen molar-refractivity contribution in [2.75, 3.05) is 7.05 Å². The fourth-order valence-electron chi connectivity index (χ4n) is 0.603. The number of rotatable bonds is 2. The van der Waals surface area contributed by atoms with Crippen molar-refractivity contribution in [3.8, 4) is 0 Å². The van der Waals surface area contributed by atoms with Crippen LogP contribution in [0.4, 0.5) is 13.2 Å². The van der Waals surface area contributed by atoms with Crippen LogP contribution >= 0.6 is 0 Å². The second-order valence-corrected chi connectivity index (χ2v) is 2.07. The monoisotopic (exact) mass is 197 g/mol. The van der Waals surface area contributed by atoms with E-state index < -0.39 is 18.0 Å². The molecule has 0 aliphatic rings. The Balaban J connectivity index is 4.47. The van der Waals surface area contributed by atoms with Gasteiger partial charge in [-0.05, 0) is 12.5 Å². The Morgan fingerprint density at radius 3 is 2.38 bits per heavy atom. The molecule has 0 aliphatic carbocycles. The summed E-state index contributed by atoms with van der Waals surface area (Å²) in [5.74, 6) is -1.43. The summed E-state index contributed by atoms with van der Waals surface area (Å²) in [6.45, 7) is 1.66. The molecule has 0 heterocycles. The molecule has 0 aromatic heterocycles. The molecule has 0 rings (SSSR count). The number of ether oxygens (including phenoxy) is 1. The third kappa shape index (κ3) is 5.10. The minimum Gasteiger partial charge on any atom is -0.503 e. The molecule has 0 saturated heterocycles. The highest BCUT2D eigenvalue weighted by Crippen LogP contribution is 2.18. The van der Waals surface area contributed by atoms with Crippen LogP contribution in [0.1, 0.15) is 13.3 Å². The Morgan fingerprint density at radius 1 is 1.54 bits per heavy atom. The van der Waals surface area contributed by atoms with Crippen molar-refractivity contribution in [1.29, 1.82) is 0 Å². The van der Waals surface area contributed by atoms with Crippen LogP contribution in [0.15, 0.2) is 16.8 Å². The molecule has 0 aliphatic heterocycles. The van der Waals surface area contributed by atoms with Gasteiger partial charge in [0.1, 0.15) is 0 Å². The van der Waals surface area contributed by atoms with Gasteiger partial charge in [0.25, 0.3) is 5.90 Å². The summed E-state index contributed by atoms with van der Waals surface area (Å²) in [6.07, 6.45) is -3.26. The first kappa shape index (κ1) is 11.8. The number of halogens is 3. The SMILES string of the molecule is CC/C=C(/O)C(=NC)OC(F)(F)F. The molecule has 13 heavy (non-hydrogen) atoms. The Hall–Kier alpha value is -1.20. The number of hydrogen-bond acceptors (Lipinski definition) is 3. The Labute approximate surface area is 73.5 Å². The van der Waals surface area contributed by atoms with Crippen LogP contribution in [0, 0.1) is 0 Å². The van der Waals surface area contributed by atoms with Gasteiger partial charge in [-0.3, -0.25) is 4.99 Å². The molecule has 0 radical (unpaired) electrons. The minimum atomic E-state index is -4.83. The van der Waals surface area contributed by atoms with Crippen molar-refractivity contribution in [1.82, 2.24) is 0 Å². The first-order valence-electron chi connectivity index (χ1n) is 3.52. The zero-order valence-corrected chi connectivity index (χ0v) is 7.22. The van der Waals surface area contributed by atoms with E-state index in [1.54, 1.807) is 6.92 Å². The highest BCUT2D eigenvalue weighted by atomic mass is 19.4. The van der Waals surface area contributed by atoms with Crippen LogP contribution in [0.3, 0.4) is 0 Å². The van der Waals surface area contributed by atoms with Gasteiger partial charge in [0.05, 0.1) is 0 Å². The number of aliphatic hydroxyl groups excluding tert-OH is 1. The van der Waals surface area contributed by atoms with E-state index in [0.717, 1.165) is 7.05 Å². The smallest absolute Gasteiger partial charge is 0.503 e. The molecule has 0 amide bonds. The number of aliphatic hydroxyl groups is 1. The van der Waals surface area contributed by atoms with Gasteiger partial charge in [-0.2, -0.15) is 0 Å². The van der Waals surface area contributed by atoms with Crippen molar-refractivity contribution in [2.45, 2.75) is 19.7 Å². The first-order valence-corrected chi connectivity index (χ1v) is 3.52. The lowest BCUT2D eigenvalue weighted by molar-refractivity contribution is -0.283. The van der Waals surface area contributed by atoms with E-state index in [9.17, 15) is 13.2 Å². The second kappa shape index (κ2) is 4.74. The Kier molecular flexibility index (Phi) is 4.30. The zero-order valence-electron chi connectivity index (χ0n) is 7.22. The van der Waals surface area contributed by atoms with Crippen LogP contribution in [-0.4, -0.2) is 24.4 Å². The van der Waals surface area contributed by atoms with Gasteiger partial charge in [-0.15, -0.1) is 13.2 Å². The maximum absolute atomic E-state index is 11.7. The average molecular weight is 197 g/mol. The van der Waals surface area contributed by atoms with E-state index in [-0.39, 0.29) is 0 Å². The molecular formula is C7H10F3NO2. The quantitative estimate of drug-likeness (QED) is 0.419. The van der Waals surface area contributed by atoms with E-state index in [4.69, 9.17) is 5.11 Å². The standard InChI is InChI=1S/C7H10F3NO2/c1-3-4-5(12)6(11-2)13-7(8,9)10/h4,12H,3H2,1-2H3/b5-4+,11-6?. The van der Waals surface area contributed by atoms with Gasteiger partial charge in [0.15, 0.2) is 5.76 Å². The van der Waals surface area contributed by atoms with E-state index in [1.807, 2.05) is 0 Å². The van der Waals surface area contributed by atoms with E-state index in [2.05, 4.69) is 9.73 Å². The number of nitrogens with zero attached hydrogens (tertiary/aromatic N) is 1. The summed E-state index contributed by atoms with van der Waals surface area (Å²) in [7, 11) is 1.10. The Morgan fingerprint density at radius 2 is 2.08 bits per heavy atom. The van der Waals surface area contributed by atoms with Crippen LogP contribution in [-0.2, 0) is 4.74 Å². The van der Waals surface area contributed by atoms with Crippen LogP contribution in [0.5, 0.6) is 0 Å². The van der Waals surface area contributed by atoms with Crippen LogP contribution in [0.2, 0.25) is 0 Å². The summed E-state index contributed by atoms with van der Waals surface area (Å²) < 4.78 is 38.4. The Bertz CT molecular complexity index is 220. The maximum atomic E-state index is 11.7. The molecule has 0 aromatic carbocycles. The predicted octanol–water partition coefficient (Wildman–Crippen LogP) is 2.40. The number of aliphatic imine (C=N–C) groups is 1. The third-order valence-electron chi connectivity index (χ3n) is 1.03. The zero-order chi connectivity index (χ0) is 10.5. The van der Waals surface area contributed by atoms with Gasteiger partial charge in [-0.25, -0.2) is 0 Å². The normalized spacial score (nSPS) is 14.5. The van der Waals surface area contributed by atoms with Gasteiger partial charge < -0.3 is 9.84 Å². The minimum absolute atomic E-state index is 0.395. The van der Waals surface area contributed by atoms with Gasteiger partial charge in [0.2, 0.25) is 0 Å². The molecule has 0 unspecified atom stereocenters. The third-order valence-corrected chi connectivity index (χ3v) is 1.03. The van der Waals surface area contributed by atoms with Gasteiger partial charge in [-0.1, -0.05) is 6.92 Å². The summed E-state index contributed by atoms with van der Waals surface area (Å²) >= 11 is 0. The lowest BCUT2D eigenvalue weighted by Gasteiger charge is -2.09. The fourth-order valence-corrected chi connectivity index (χ4v) is 0.603. The average Bonchev–Trinajstić information content (AvgIpc) is 1.99. The lowest BCUT2D eigenvalue weighted by atomic mass is 10.4. The maximum Gasteiger partial charge on any atom is 0.574 e. The van der Waals surface area contributed by atoms with Crippen LogP contribution < -0.4 is 0 Å². The van der Waals surface area contributed by atoms with Crippen molar-refractivity contribution >= 4 is 5.90 Å². The largest absolute Gasteiger partial charge is 0.574 e. The molecule has 6 heteroatoms. The highest BCUT2D eigenvalue weighted by Gasteiger charge is 2.33. The molecule has 0 atom stereocenters. The van der Waals surface area contributed by atoms with Crippen molar-refractivity contribution in [2.24, 2.45) is 4.99 Å². The second-order valence-electron chi connectivity index (χ2n) is 2.07. The van der Waals surface area contributed by atoms with Crippen LogP contribution in [0.25, 0.3) is 0 Å². The summed E-state index contributed by atoms with van der Waals surface area (Å²) in [6, 6.07) is 0. The summed E-state index contributed by atoms with van der Waals surface area (Å²) in [4.78, 5) is 3.15. The number of alkyl halides is 3. The molecule has 76 valence electrons. The van der Waals surface area contributed by atoms with E-state index in [1.165, 1.54) is 6.08 Å². The molecule has 3 nitrogen and oxygen atoms in total. The van der Waals surface area contributed by atoms with Crippen molar-refractivity contribution in [3.63, 3.8) is 0 Å². The lowest BCUT2D eigenvalue weighted by Crippen LogP contribution is -2.21. The molecule has 0 spiro atoms. The number of allylic oxidation sites excluding steroid dienone is 1. The number of hydrogen-bond donors (Lipinski definition) is 1. The molecule has 0 aromatic rings. The van der Waals surface area contributed by atoms with Gasteiger partial charge >= 0.3 is 6.36 Å².